The molecule has 0 saturated carbocycles. The summed E-state index contributed by atoms with van der Waals surface area (Å²) >= 11 is 1.38. The van der Waals surface area contributed by atoms with Gasteiger partial charge in [0, 0.05) is 17.5 Å². The third-order valence-corrected chi connectivity index (χ3v) is 4.53. The number of H-pyrrole nitrogens is 1. The number of nitrogens with one attached hydrogen (secondary N) is 2. The van der Waals surface area contributed by atoms with Gasteiger partial charge in [0.25, 0.3) is 5.56 Å². The summed E-state index contributed by atoms with van der Waals surface area (Å²) in [5, 5.41) is 2.97. The van der Waals surface area contributed by atoms with Crippen LogP contribution < -0.4 is 10.9 Å². The second kappa shape index (κ2) is 5.92. The molecule has 118 valence electrons. The second-order valence-corrected chi connectivity index (χ2v) is 6.29. The number of aryl methyl sites for hydroxylation is 1. The summed E-state index contributed by atoms with van der Waals surface area (Å²) in [7, 11) is 1.53. The fourth-order valence-electron chi connectivity index (χ4n) is 2.45. The Morgan fingerprint density at radius 3 is 2.70 bits per heavy atom. The van der Waals surface area contributed by atoms with Gasteiger partial charge in [0.1, 0.15) is 16.5 Å². The molecule has 0 saturated heterocycles. The van der Waals surface area contributed by atoms with Crippen LogP contribution in [0, 0.1) is 12.7 Å². The minimum Gasteiger partial charge on any atom is -0.359 e. The topological polar surface area (TPSA) is 74.8 Å². The third-order valence-electron chi connectivity index (χ3n) is 3.53. The largest absolute Gasteiger partial charge is 0.359 e. The number of rotatable bonds is 3. The van der Waals surface area contributed by atoms with Gasteiger partial charge in [0.15, 0.2) is 0 Å². The van der Waals surface area contributed by atoms with Gasteiger partial charge in [-0.25, -0.2) is 9.37 Å². The number of thiophene rings is 1. The summed E-state index contributed by atoms with van der Waals surface area (Å²) < 4.78 is 13.1. The van der Waals surface area contributed by atoms with E-state index in [1.54, 1.807) is 12.1 Å². The number of carbonyl (C=O) groups is 1. The highest BCUT2D eigenvalue weighted by Crippen LogP contribution is 2.35. The van der Waals surface area contributed by atoms with Crippen molar-refractivity contribution >= 4 is 27.5 Å². The summed E-state index contributed by atoms with van der Waals surface area (Å²) in [6.07, 6.45) is 0.0184. The Morgan fingerprint density at radius 1 is 1.35 bits per heavy atom. The Kier molecular flexibility index (Phi) is 3.96. The molecule has 0 bridgehead atoms. The smallest absolute Gasteiger partial charge is 0.260 e. The molecular weight excluding hydrogens is 317 g/mol. The van der Waals surface area contributed by atoms with Crippen molar-refractivity contribution < 1.29 is 9.18 Å². The highest BCUT2D eigenvalue weighted by atomic mass is 32.1. The Morgan fingerprint density at radius 2 is 2.04 bits per heavy atom. The molecule has 0 aliphatic heterocycles. The third kappa shape index (κ3) is 2.87. The quantitative estimate of drug-likeness (QED) is 0.774. The fourth-order valence-corrected chi connectivity index (χ4v) is 3.52. The van der Waals surface area contributed by atoms with Gasteiger partial charge < -0.3 is 10.3 Å². The minimum absolute atomic E-state index is 0.0184. The molecule has 1 amide bonds. The van der Waals surface area contributed by atoms with Crippen molar-refractivity contribution in [2.24, 2.45) is 0 Å². The van der Waals surface area contributed by atoms with Gasteiger partial charge >= 0.3 is 0 Å². The van der Waals surface area contributed by atoms with Crippen LogP contribution in [0.15, 0.2) is 29.1 Å². The first-order chi connectivity index (χ1) is 11.0. The van der Waals surface area contributed by atoms with E-state index in [0.29, 0.717) is 16.0 Å². The molecule has 0 radical (unpaired) electrons. The standard InChI is InChI=1S/C16H14FN3O2S/c1-8-13(9-3-5-10(17)6-4-9)14-15(22)19-11(7-12(21)18-2)20-16(14)23-8/h3-6H,7H2,1-2H3,(H,18,21)(H,19,20,22). The lowest BCUT2D eigenvalue weighted by Gasteiger charge is -2.03. The van der Waals surface area contributed by atoms with Crippen molar-refractivity contribution in [3.05, 3.63) is 51.1 Å². The molecule has 7 heteroatoms. The number of halogens is 1. The van der Waals surface area contributed by atoms with Gasteiger partial charge in [0.2, 0.25) is 5.91 Å². The average molecular weight is 331 g/mol. The van der Waals surface area contributed by atoms with Crippen LogP contribution in [0.25, 0.3) is 21.3 Å². The molecular formula is C16H14FN3O2S. The van der Waals surface area contributed by atoms with Crippen LogP contribution in [0.4, 0.5) is 4.39 Å². The number of likely N-dealkylation sites (N-methyl/N-ethyl adjacent to an activating group) is 1. The van der Waals surface area contributed by atoms with E-state index in [1.807, 2.05) is 6.92 Å². The highest BCUT2D eigenvalue weighted by molar-refractivity contribution is 7.19. The molecule has 2 aromatic heterocycles. The maximum atomic E-state index is 13.1. The van der Waals surface area contributed by atoms with E-state index < -0.39 is 0 Å². The van der Waals surface area contributed by atoms with Gasteiger partial charge in [-0.1, -0.05) is 12.1 Å². The normalized spacial score (nSPS) is 10.9. The average Bonchev–Trinajstić information content (AvgIpc) is 2.84. The summed E-state index contributed by atoms with van der Waals surface area (Å²) in [6.45, 7) is 1.89. The van der Waals surface area contributed by atoms with Crippen molar-refractivity contribution in [3.8, 4) is 11.1 Å². The number of hydrogen-bond donors (Lipinski definition) is 2. The van der Waals surface area contributed by atoms with Crippen molar-refractivity contribution in [1.82, 2.24) is 15.3 Å². The number of carbonyl (C=O) groups excluding carboxylic acids is 1. The Hall–Kier alpha value is -2.54. The van der Waals surface area contributed by atoms with Crippen molar-refractivity contribution in [2.75, 3.05) is 7.05 Å². The van der Waals surface area contributed by atoms with Crippen molar-refractivity contribution in [2.45, 2.75) is 13.3 Å². The first-order valence-electron chi connectivity index (χ1n) is 6.98. The van der Waals surface area contributed by atoms with E-state index in [2.05, 4.69) is 15.3 Å². The molecule has 5 nitrogen and oxygen atoms in total. The maximum absolute atomic E-state index is 13.1. The van der Waals surface area contributed by atoms with Crippen LogP contribution in [0.3, 0.4) is 0 Å². The van der Waals surface area contributed by atoms with Gasteiger partial charge in [-0.3, -0.25) is 9.59 Å². The summed E-state index contributed by atoms with van der Waals surface area (Å²) in [5.41, 5.74) is 1.23. The molecule has 2 N–H and O–H groups in total. The van der Waals surface area contributed by atoms with Gasteiger partial charge in [-0.2, -0.15) is 0 Å². The molecule has 3 aromatic rings. The van der Waals surface area contributed by atoms with Crippen LogP contribution in [0.5, 0.6) is 0 Å². The summed E-state index contributed by atoms with van der Waals surface area (Å²) in [4.78, 5) is 32.4. The first kappa shape index (κ1) is 15.4. The molecule has 1 aromatic carbocycles. The number of aromatic amines is 1. The lowest BCUT2D eigenvalue weighted by atomic mass is 10.0. The molecule has 0 aliphatic rings. The van der Waals surface area contributed by atoms with Crippen molar-refractivity contribution in [1.29, 1.82) is 0 Å². The summed E-state index contributed by atoms with van der Waals surface area (Å²) in [6, 6.07) is 6.00. The summed E-state index contributed by atoms with van der Waals surface area (Å²) in [5.74, 6) is -0.223. The zero-order chi connectivity index (χ0) is 16.6. The maximum Gasteiger partial charge on any atom is 0.260 e. The van der Waals surface area contributed by atoms with E-state index in [0.717, 1.165) is 16.0 Å². The fraction of sp³-hybridized carbons (Fsp3) is 0.188. The number of amides is 1. The van der Waals surface area contributed by atoms with Crippen molar-refractivity contribution in [3.63, 3.8) is 0 Å². The SMILES string of the molecule is CNC(=O)Cc1nc2sc(C)c(-c3ccc(F)cc3)c2c(=O)[nH]1. The molecule has 0 unspecified atom stereocenters. The lowest BCUT2D eigenvalue weighted by Crippen LogP contribution is -2.23. The van der Waals surface area contributed by atoms with Crippen LogP contribution in [0.2, 0.25) is 0 Å². The predicted molar refractivity (Wildman–Crippen MR) is 88.1 cm³/mol. The monoisotopic (exact) mass is 331 g/mol. The zero-order valence-electron chi connectivity index (χ0n) is 12.6. The van der Waals surface area contributed by atoms with Crippen LogP contribution in [-0.4, -0.2) is 22.9 Å². The molecule has 0 atom stereocenters. The Labute approximate surface area is 135 Å². The van der Waals surface area contributed by atoms with Crippen LogP contribution in [-0.2, 0) is 11.2 Å². The Balaban J connectivity index is 2.17. The highest BCUT2D eigenvalue weighted by Gasteiger charge is 2.17. The Bertz CT molecular complexity index is 944. The van der Waals surface area contributed by atoms with E-state index in [4.69, 9.17) is 0 Å². The van der Waals surface area contributed by atoms with Crippen LogP contribution >= 0.6 is 11.3 Å². The number of fused-ring (bicyclic) bond motifs is 1. The molecule has 0 fully saturated rings. The first-order valence-corrected chi connectivity index (χ1v) is 7.80. The minimum atomic E-state index is -0.328. The number of benzene rings is 1. The molecule has 0 spiro atoms. The van der Waals surface area contributed by atoms with Gasteiger partial charge in [-0.05, 0) is 24.6 Å². The van der Waals surface area contributed by atoms with E-state index in [9.17, 15) is 14.0 Å². The van der Waals surface area contributed by atoms with E-state index in [1.165, 1.54) is 30.5 Å². The van der Waals surface area contributed by atoms with Gasteiger partial charge in [0.05, 0.1) is 11.8 Å². The predicted octanol–water partition coefficient (Wildman–Crippen LogP) is 2.39. The molecule has 3 rings (SSSR count). The molecule has 23 heavy (non-hydrogen) atoms. The van der Waals surface area contributed by atoms with Gasteiger partial charge in [-0.15, -0.1) is 11.3 Å². The molecule has 0 aliphatic carbocycles. The molecule has 2 heterocycles. The number of nitrogens with zero attached hydrogens (tertiary/aromatic N) is 1. The second-order valence-electron chi connectivity index (χ2n) is 5.08. The zero-order valence-corrected chi connectivity index (χ0v) is 13.4. The van der Waals surface area contributed by atoms with E-state index in [-0.39, 0.29) is 23.7 Å². The van der Waals surface area contributed by atoms with E-state index >= 15 is 0 Å². The lowest BCUT2D eigenvalue weighted by molar-refractivity contribution is -0.120. The number of hydrogen-bond acceptors (Lipinski definition) is 4. The van der Waals surface area contributed by atoms with Crippen LogP contribution in [0.1, 0.15) is 10.7 Å². The number of aromatic nitrogens is 2.